The van der Waals surface area contributed by atoms with Crippen molar-refractivity contribution >= 4 is 39.0 Å². The highest BCUT2D eigenvalue weighted by molar-refractivity contribution is 6.09. The summed E-state index contributed by atoms with van der Waals surface area (Å²) >= 11 is 0. The van der Waals surface area contributed by atoms with E-state index < -0.39 is 0 Å². The number of para-hydroxylation sites is 2. The summed E-state index contributed by atoms with van der Waals surface area (Å²) in [6.07, 6.45) is 0. The Morgan fingerprint density at radius 3 is 1.76 bits per heavy atom. The van der Waals surface area contributed by atoms with Gasteiger partial charge in [0.05, 0.1) is 11.4 Å². The Balaban J connectivity index is 1.11. The Morgan fingerprint density at radius 1 is 0.355 bits per heavy atom. The van der Waals surface area contributed by atoms with E-state index in [2.05, 4.69) is 227 Å². The van der Waals surface area contributed by atoms with Crippen LogP contribution in [0.25, 0.3) is 77.6 Å². The van der Waals surface area contributed by atoms with Gasteiger partial charge >= 0.3 is 0 Å². The summed E-state index contributed by atoms with van der Waals surface area (Å²) in [6.45, 7) is 9.47. The van der Waals surface area contributed by atoms with Gasteiger partial charge < -0.3 is 9.32 Å². The van der Waals surface area contributed by atoms with E-state index in [1.807, 2.05) is 6.07 Å². The highest BCUT2D eigenvalue weighted by atomic mass is 16.3. The summed E-state index contributed by atoms with van der Waals surface area (Å²) in [5.41, 5.74) is 22.5. The van der Waals surface area contributed by atoms with Crippen molar-refractivity contribution < 1.29 is 4.42 Å². The molecule has 1 heterocycles. The normalized spacial score (nSPS) is 14.1. The molecule has 0 N–H and O–H groups in total. The monoisotopic (exact) mass is 795 g/mol. The van der Waals surface area contributed by atoms with Crippen LogP contribution in [0.5, 0.6) is 0 Å². The van der Waals surface area contributed by atoms with Gasteiger partial charge in [-0.3, -0.25) is 0 Å². The van der Waals surface area contributed by atoms with Crippen LogP contribution in [0.3, 0.4) is 0 Å². The van der Waals surface area contributed by atoms with E-state index in [4.69, 9.17) is 4.42 Å². The van der Waals surface area contributed by atoms with Crippen molar-refractivity contribution in [2.75, 3.05) is 4.90 Å². The molecule has 0 spiro atoms. The maximum atomic E-state index is 6.53. The molecule has 0 aliphatic heterocycles. The minimum absolute atomic E-state index is 0.125. The van der Waals surface area contributed by atoms with E-state index in [-0.39, 0.29) is 10.8 Å². The number of fused-ring (bicyclic) bond motifs is 9. The predicted octanol–water partition coefficient (Wildman–Crippen LogP) is 16.7. The standard InChI is InChI=1S/C60H45NO/c1-59(2)51-24-12-9-20-49(51)57-52(59)25-15-26-54(57)61(42-32-28-39(29-33-42)44-21-14-22-48-47-19-10-13-27-56(47)62-58(44)48)55-37-40(38-16-6-5-7-17-38)30-34-43(55)41-31-35-46-45-18-8-11-23-50(45)60(3,4)53(46)36-41/h5-37H,1-4H3. The molecule has 10 aromatic rings. The van der Waals surface area contributed by atoms with Crippen LogP contribution in [0.15, 0.2) is 205 Å². The first kappa shape index (κ1) is 36.4. The molecular weight excluding hydrogens is 751 g/mol. The third kappa shape index (κ3) is 5.36. The number of hydrogen-bond acceptors (Lipinski definition) is 2. The van der Waals surface area contributed by atoms with Crippen molar-refractivity contribution in [3.8, 4) is 55.6 Å². The molecule has 0 saturated carbocycles. The van der Waals surface area contributed by atoms with Gasteiger partial charge in [-0.15, -0.1) is 0 Å². The van der Waals surface area contributed by atoms with Gasteiger partial charge in [-0.05, 0) is 97.6 Å². The van der Waals surface area contributed by atoms with Gasteiger partial charge in [0.1, 0.15) is 11.2 Å². The van der Waals surface area contributed by atoms with Crippen molar-refractivity contribution in [2.45, 2.75) is 38.5 Å². The second kappa shape index (κ2) is 13.5. The number of anilines is 3. The number of rotatable bonds is 6. The zero-order chi connectivity index (χ0) is 41.7. The van der Waals surface area contributed by atoms with Gasteiger partial charge in [-0.1, -0.05) is 191 Å². The first-order chi connectivity index (χ1) is 30.3. The smallest absolute Gasteiger partial charge is 0.143 e. The molecule has 0 unspecified atom stereocenters. The average molecular weight is 796 g/mol. The van der Waals surface area contributed by atoms with Gasteiger partial charge in [-0.25, -0.2) is 0 Å². The molecule has 296 valence electrons. The highest BCUT2D eigenvalue weighted by Crippen LogP contribution is 2.56. The minimum atomic E-state index is -0.155. The molecule has 1 aromatic heterocycles. The first-order valence-corrected chi connectivity index (χ1v) is 21.8. The van der Waals surface area contributed by atoms with E-state index in [1.165, 1.54) is 66.8 Å². The van der Waals surface area contributed by atoms with Crippen molar-refractivity contribution in [1.29, 1.82) is 0 Å². The number of furan rings is 1. The third-order valence-electron chi connectivity index (χ3n) is 13.9. The summed E-state index contributed by atoms with van der Waals surface area (Å²) in [6, 6.07) is 73.7. The zero-order valence-electron chi connectivity index (χ0n) is 35.4. The molecule has 62 heavy (non-hydrogen) atoms. The van der Waals surface area contributed by atoms with Gasteiger partial charge in [0, 0.05) is 44.0 Å². The molecule has 0 radical (unpaired) electrons. The molecule has 9 aromatic carbocycles. The average Bonchev–Trinajstić information content (AvgIpc) is 3.90. The summed E-state index contributed by atoms with van der Waals surface area (Å²) < 4.78 is 6.53. The molecule has 0 fully saturated rings. The topological polar surface area (TPSA) is 16.4 Å². The van der Waals surface area contributed by atoms with Crippen LogP contribution in [0.1, 0.15) is 49.9 Å². The lowest BCUT2D eigenvalue weighted by molar-refractivity contribution is 0.660. The fraction of sp³-hybridized carbons (Fsp3) is 0.100. The Bertz CT molecular complexity index is 3400. The van der Waals surface area contributed by atoms with Crippen LogP contribution >= 0.6 is 0 Å². The second-order valence-corrected chi connectivity index (χ2v) is 18.1. The maximum Gasteiger partial charge on any atom is 0.143 e. The van der Waals surface area contributed by atoms with Gasteiger partial charge in [0.15, 0.2) is 0 Å². The SMILES string of the molecule is CC1(C)c2ccccc2-c2ccc(-c3ccc(-c4ccccc4)cc3N(c3ccc(-c4cccc5c4oc4ccccc45)cc3)c3cccc4c3-c3ccccc3C4(C)C)cc21. The fourth-order valence-corrected chi connectivity index (χ4v) is 10.7. The molecule has 2 aliphatic carbocycles. The van der Waals surface area contributed by atoms with E-state index in [0.717, 1.165) is 50.1 Å². The highest BCUT2D eigenvalue weighted by Gasteiger charge is 2.39. The number of hydrogen-bond donors (Lipinski definition) is 0. The minimum Gasteiger partial charge on any atom is -0.455 e. The Hall–Kier alpha value is -7.42. The molecule has 12 rings (SSSR count). The maximum absolute atomic E-state index is 6.53. The first-order valence-electron chi connectivity index (χ1n) is 21.8. The number of benzene rings is 9. The second-order valence-electron chi connectivity index (χ2n) is 18.1. The largest absolute Gasteiger partial charge is 0.455 e. The van der Waals surface area contributed by atoms with Crippen LogP contribution < -0.4 is 4.90 Å². The molecule has 0 saturated heterocycles. The lowest BCUT2D eigenvalue weighted by atomic mass is 9.81. The van der Waals surface area contributed by atoms with E-state index in [1.54, 1.807) is 0 Å². The summed E-state index contributed by atoms with van der Waals surface area (Å²) in [7, 11) is 0. The van der Waals surface area contributed by atoms with Crippen molar-refractivity contribution in [3.63, 3.8) is 0 Å². The molecule has 2 heteroatoms. The number of nitrogens with zero attached hydrogens (tertiary/aromatic N) is 1. The molecule has 0 atom stereocenters. The fourth-order valence-electron chi connectivity index (χ4n) is 10.7. The van der Waals surface area contributed by atoms with Gasteiger partial charge in [0.25, 0.3) is 0 Å². The Kier molecular flexibility index (Phi) is 7.96. The third-order valence-corrected chi connectivity index (χ3v) is 13.9. The van der Waals surface area contributed by atoms with Crippen LogP contribution in [0.4, 0.5) is 17.1 Å². The summed E-state index contributed by atoms with van der Waals surface area (Å²) in [4.78, 5) is 2.53. The lowest BCUT2D eigenvalue weighted by Crippen LogP contribution is -2.16. The van der Waals surface area contributed by atoms with E-state index in [0.29, 0.717) is 0 Å². The molecule has 0 amide bonds. The van der Waals surface area contributed by atoms with Crippen molar-refractivity contribution in [3.05, 3.63) is 222 Å². The quantitative estimate of drug-likeness (QED) is 0.167. The van der Waals surface area contributed by atoms with Crippen molar-refractivity contribution in [2.24, 2.45) is 0 Å². The van der Waals surface area contributed by atoms with Crippen molar-refractivity contribution in [1.82, 2.24) is 0 Å². The van der Waals surface area contributed by atoms with Gasteiger partial charge in [-0.2, -0.15) is 0 Å². The summed E-state index contributed by atoms with van der Waals surface area (Å²) in [5, 5.41) is 2.27. The lowest BCUT2D eigenvalue weighted by Gasteiger charge is -2.31. The molecule has 0 bridgehead atoms. The Labute approximate surface area is 363 Å². The van der Waals surface area contributed by atoms with Gasteiger partial charge in [0.2, 0.25) is 0 Å². The molecule has 2 nitrogen and oxygen atoms in total. The zero-order valence-corrected chi connectivity index (χ0v) is 35.4. The van der Waals surface area contributed by atoms with Crippen LogP contribution in [0, 0.1) is 0 Å². The van der Waals surface area contributed by atoms with E-state index in [9.17, 15) is 0 Å². The molecular formula is C60H45NO. The van der Waals surface area contributed by atoms with Crippen LogP contribution in [-0.4, -0.2) is 0 Å². The predicted molar refractivity (Wildman–Crippen MR) is 260 cm³/mol. The molecule has 2 aliphatic rings. The van der Waals surface area contributed by atoms with E-state index >= 15 is 0 Å². The van der Waals surface area contributed by atoms with Crippen LogP contribution in [-0.2, 0) is 10.8 Å². The van der Waals surface area contributed by atoms with Crippen LogP contribution in [0.2, 0.25) is 0 Å². The summed E-state index contributed by atoms with van der Waals surface area (Å²) in [5.74, 6) is 0. The Morgan fingerprint density at radius 2 is 0.935 bits per heavy atom.